The van der Waals surface area contributed by atoms with Crippen LogP contribution in [0.4, 0.5) is 0 Å². The van der Waals surface area contributed by atoms with Crippen LogP contribution in [0.15, 0.2) is 38.0 Å². The van der Waals surface area contributed by atoms with Gasteiger partial charge in [-0.2, -0.15) is 0 Å². The summed E-state index contributed by atoms with van der Waals surface area (Å²) in [5.74, 6) is 4.45. The molecular weight excluding hydrogens is 2120 g/mol. The third-order valence-electron chi connectivity index (χ3n) is 24.0. The first-order chi connectivity index (χ1) is 51.8. The molecule has 0 aromatic rings. The van der Waals surface area contributed by atoms with E-state index in [9.17, 15) is 4.79 Å². The predicted octanol–water partition coefficient (Wildman–Crippen LogP) is 22.8. The van der Waals surface area contributed by atoms with Crippen LogP contribution in [-0.4, -0.2) is 175 Å². The average Bonchev–Trinajstić information content (AvgIpc) is 1.69. The number of aliphatic hydroxyl groups excluding tert-OH is 1. The minimum absolute atomic E-state index is 0. The number of carbonyl (C=O) groups is 1. The van der Waals surface area contributed by atoms with Crippen LogP contribution >= 0.6 is 0 Å². The molecule has 2 radical (unpaired) electrons. The van der Waals surface area contributed by atoms with Gasteiger partial charge in [-0.05, 0) is 133 Å². The Kier molecular flexibility index (Phi) is 154. The Morgan fingerprint density at radius 2 is 0.584 bits per heavy atom. The van der Waals surface area contributed by atoms with Crippen molar-refractivity contribution in [1.82, 2.24) is 0 Å². The minimum Gasteiger partial charge on any atom is -1.00 e. The summed E-state index contributed by atoms with van der Waals surface area (Å²) < 4.78 is 77.3. The molecule has 0 aromatic heterocycles. The molecule has 16 nitrogen and oxygen atoms in total. The monoisotopic (exact) mass is 2310 g/mol. The number of aliphatic hydroxyl groups is 1. The van der Waals surface area contributed by atoms with Crippen molar-refractivity contribution in [3.63, 3.8) is 0 Å². The average molecular weight is 2310 g/mol. The van der Waals surface area contributed by atoms with Crippen LogP contribution in [-0.2, 0) is 194 Å². The molecule has 15 fully saturated rings. The number of methoxy groups -OCH3 is 4. The number of hydrogen-bond donors (Lipinski definition) is 1. The molecular formula is C100H197Fe5KO16UV2. The van der Waals surface area contributed by atoms with Crippen molar-refractivity contribution in [2.24, 2.45) is 53.3 Å². The van der Waals surface area contributed by atoms with Crippen molar-refractivity contribution in [2.75, 3.05) is 114 Å². The zero-order chi connectivity index (χ0) is 74.7. The van der Waals surface area contributed by atoms with Gasteiger partial charge in [0.15, 0.2) is 25.2 Å². The summed E-state index contributed by atoms with van der Waals surface area (Å²) in [6.45, 7) is 21.2. The minimum atomic E-state index is -0.202. The molecule has 10 aliphatic carbocycles. The summed E-state index contributed by atoms with van der Waals surface area (Å²) in [6.07, 6.45) is 71.9. The van der Waals surface area contributed by atoms with Crippen LogP contribution < -0.4 is 51.4 Å². The van der Waals surface area contributed by atoms with Gasteiger partial charge in [-0.15, -0.1) is 19.7 Å². The van der Waals surface area contributed by atoms with Crippen molar-refractivity contribution >= 4 is 6.29 Å². The van der Waals surface area contributed by atoms with E-state index in [1.54, 1.807) is 28.4 Å². The summed E-state index contributed by atoms with van der Waals surface area (Å²) in [7, 11) is 6.84. The van der Waals surface area contributed by atoms with E-state index in [2.05, 4.69) is 38.0 Å². The largest absolute Gasteiger partial charge is 2.00 e. The van der Waals surface area contributed by atoms with Crippen LogP contribution in [0.2, 0.25) is 0 Å². The van der Waals surface area contributed by atoms with E-state index in [1.807, 2.05) is 0 Å². The Morgan fingerprint density at radius 3 is 0.840 bits per heavy atom. The number of carbonyl (C=O) groups excluding carboxylic acids is 1. The van der Waals surface area contributed by atoms with E-state index in [1.165, 1.54) is 257 Å². The van der Waals surface area contributed by atoms with Crippen LogP contribution in [0.25, 0.3) is 0 Å². The molecule has 16 unspecified atom stereocenters. The van der Waals surface area contributed by atoms with E-state index in [4.69, 9.17) is 71.4 Å². The van der Waals surface area contributed by atoms with Gasteiger partial charge in [0.05, 0.1) is 77.3 Å². The topological polar surface area (TPSA) is 167 Å². The first-order valence-electron chi connectivity index (χ1n) is 44.0. The van der Waals surface area contributed by atoms with Gasteiger partial charge in [0.25, 0.3) is 0 Å². The maximum atomic E-state index is 10.9. The Morgan fingerprint density at radius 1 is 0.328 bits per heavy atom. The fraction of sp³-hybridized carbons (Fsp3) is 0.830. The Balaban J connectivity index is -0.0000000698. The normalized spacial score (nSPS) is 27.8. The number of allylic oxidation sites excluding steroid dienone is 3. The van der Waals surface area contributed by atoms with E-state index < -0.39 is 0 Å². The first kappa shape index (κ1) is 166. The van der Waals surface area contributed by atoms with E-state index >= 15 is 0 Å². The standard InChI is InChI=1S/2C13H22O3.C12H20O4.C11H20O3.C11H20O2.5C5H10.C4H8O.CH4.10CH3.5Fe.K.U.2V.H/c2*1-3-10-5-4-6-12(10)13-15-8-7-11(16-13)9-14-2;1-14-8-10-5-6-15-12(16-10)11-4-2-3-9(11)7-13;1-12-8-10-6-7-13-11(14-10)9-4-2-3-5-9;1-2-10-5-3-6-11(10)9-13-8-4-7-12;6*1-2-4-5-3-1;;;;;;;;;;;;;;;;;;;;;/h2*3,10-13H,1,4-9H2,2H3;7,9-12H,2-6,8H2,1H3;9-11H,2-8H2,1H3;2,10-12H,1,3-9H2;5*1-5H2;1-4H2;1H4;10*1H3;;;;;;;;;;/q;;;;;;;;;;;;10*-1;5*+2;+1;;;;-1. The number of ether oxygens (including phenoxy) is 14. The molecule has 125 heavy (non-hydrogen) atoms. The summed E-state index contributed by atoms with van der Waals surface area (Å²) >= 11 is 0. The van der Waals surface area contributed by atoms with Gasteiger partial charge in [0, 0.05) is 159 Å². The van der Waals surface area contributed by atoms with Gasteiger partial charge in [0.1, 0.15) is 6.29 Å². The Hall–Kier alpha value is 4.74. The van der Waals surface area contributed by atoms with E-state index in [-0.39, 0.29) is 356 Å². The molecule has 5 heterocycles. The van der Waals surface area contributed by atoms with Crippen molar-refractivity contribution in [3.05, 3.63) is 112 Å². The van der Waals surface area contributed by atoms with Crippen LogP contribution in [0.3, 0.4) is 0 Å². The molecule has 5 aliphatic heterocycles. The first-order valence-corrected chi connectivity index (χ1v) is 44.0. The van der Waals surface area contributed by atoms with E-state index in [0.29, 0.717) is 81.1 Å². The fourth-order valence-electron chi connectivity index (χ4n) is 17.6. The molecule has 15 aliphatic rings. The van der Waals surface area contributed by atoms with Gasteiger partial charge >= 0.3 is 137 Å². The van der Waals surface area contributed by atoms with Gasteiger partial charge in [-0.25, -0.2) is 0 Å². The van der Waals surface area contributed by atoms with Gasteiger partial charge in [-0.1, -0.05) is 225 Å². The van der Waals surface area contributed by atoms with Crippen LogP contribution in [0, 0.1) is 159 Å². The zero-order valence-electron chi connectivity index (χ0n) is 83.1. The molecule has 748 valence electrons. The molecule has 15 rings (SSSR count). The van der Waals surface area contributed by atoms with Crippen molar-refractivity contribution in [1.29, 1.82) is 0 Å². The third kappa shape index (κ3) is 77.1. The summed E-state index contributed by atoms with van der Waals surface area (Å²) in [5, 5.41) is 8.56. The molecule has 0 aromatic carbocycles. The third-order valence-corrected chi connectivity index (χ3v) is 24.0. The fourth-order valence-corrected chi connectivity index (χ4v) is 17.6. The van der Waals surface area contributed by atoms with E-state index in [0.717, 1.165) is 97.3 Å². The Bertz CT molecular complexity index is 1820. The molecule has 0 spiro atoms. The second kappa shape index (κ2) is 116. The zero-order valence-corrected chi connectivity index (χ0v) is 97.7. The van der Waals surface area contributed by atoms with Crippen LogP contribution in [0.1, 0.15) is 317 Å². The second-order valence-electron chi connectivity index (χ2n) is 32.3. The molecule has 5 saturated heterocycles. The molecule has 10 saturated carbocycles. The molecule has 0 bridgehead atoms. The predicted molar refractivity (Wildman–Crippen MR) is 496 cm³/mol. The van der Waals surface area contributed by atoms with Crippen molar-refractivity contribution in [2.45, 2.75) is 365 Å². The number of hydrogen-bond acceptors (Lipinski definition) is 16. The van der Waals surface area contributed by atoms with Gasteiger partial charge < -0.3 is 152 Å². The van der Waals surface area contributed by atoms with Gasteiger partial charge in [0.2, 0.25) is 0 Å². The quantitative estimate of drug-likeness (QED) is 0.0379. The van der Waals surface area contributed by atoms with Crippen LogP contribution in [0.5, 0.6) is 0 Å². The van der Waals surface area contributed by atoms with Crippen molar-refractivity contribution < 1.29 is 283 Å². The summed E-state index contributed by atoms with van der Waals surface area (Å²) in [5.41, 5.74) is 0. The molecule has 0 amide bonds. The summed E-state index contributed by atoms with van der Waals surface area (Å²) in [4.78, 5) is 10.9. The summed E-state index contributed by atoms with van der Waals surface area (Å²) in [6, 6.07) is 0. The van der Waals surface area contributed by atoms with Crippen molar-refractivity contribution in [3.8, 4) is 0 Å². The number of rotatable bonds is 21. The maximum Gasteiger partial charge on any atom is 2.00 e. The molecule has 1 N–H and O–H groups in total. The van der Waals surface area contributed by atoms with Gasteiger partial charge in [-0.3, -0.25) is 0 Å². The smallest absolute Gasteiger partial charge is 1.00 e. The second-order valence-corrected chi connectivity index (χ2v) is 32.3. The maximum absolute atomic E-state index is 10.9. The Labute approximate surface area is 923 Å². The molecule has 25 heteroatoms. The molecule has 16 atom stereocenters. The number of aldehydes is 1. The SMILES string of the molecule is C.C1CCCC1.C1CCCC1.C1CCCC1.C1CCCC1.C1CCCC1.C1CCOC1.C=CC1CCCC1C1OCCC(COC)O1.C=CC1CCCC1C1OCCC(COC)O1.C=CC1CCCC1COCCCO.COCC1CCOC(C2CCCC2)O1.COCC1CCOC(C2CCCC2C=O)O1.[CH3-].[CH3-].[CH3-].[CH3-].[CH3-].[CH3-].[CH3-].[CH3-].[CH3-].[CH3-].[Fe+2].[Fe+2].[Fe+2].[Fe+2].[Fe+2].[H-].[K+].[U].[V].[V].